The molecule has 0 saturated carbocycles. The van der Waals surface area contributed by atoms with Gasteiger partial charge in [-0.1, -0.05) is 13.0 Å². The van der Waals surface area contributed by atoms with E-state index in [1.165, 1.54) is 30.4 Å². The summed E-state index contributed by atoms with van der Waals surface area (Å²) in [7, 11) is 2.97. The van der Waals surface area contributed by atoms with E-state index in [4.69, 9.17) is 21.7 Å². The van der Waals surface area contributed by atoms with Crippen LogP contribution in [0.2, 0.25) is 0 Å². The van der Waals surface area contributed by atoms with Crippen LogP contribution in [-0.4, -0.2) is 25.2 Å². The van der Waals surface area contributed by atoms with Gasteiger partial charge in [0.25, 0.3) is 5.91 Å². The lowest BCUT2D eigenvalue weighted by molar-refractivity contribution is 0.0971. The molecular weight excluding hydrogens is 394 g/mol. The van der Waals surface area contributed by atoms with Crippen LogP contribution in [0, 0.1) is 17.2 Å². The molecule has 0 fully saturated rings. The summed E-state index contributed by atoms with van der Waals surface area (Å²) in [4.78, 5) is 14.0. The van der Waals surface area contributed by atoms with E-state index < -0.39 is 5.91 Å². The van der Waals surface area contributed by atoms with Gasteiger partial charge in [-0.2, -0.15) is 5.26 Å². The van der Waals surface area contributed by atoms with Crippen molar-refractivity contribution in [2.24, 2.45) is 5.92 Å². The lowest BCUT2D eigenvalue weighted by Crippen LogP contribution is -2.34. The number of hydrogen-bond acceptors (Lipinski definition) is 6. The Labute approximate surface area is 173 Å². The van der Waals surface area contributed by atoms with Gasteiger partial charge in [0.15, 0.2) is 5.11 Å². The number of carbonyl (C=O) groups is 1. The van der Waals surface area contributed by atoms with Crippen LogP contribution in [0.5, 0.6) is 11.5 Å². The van der Waals surface area contributed by atoms with Crippen LogP contribution in [-0.2, 0) is 12.8 Å². The van der Waals surface area contributed by atoms with Crippen molar-refractivity contribution in [2.75, 3.05) is 19.5 Å². The molecule has 1 atom stereocenters. The SMILES string of the molecule is COc1cccc(OC)c1C(=O)NC(=S)Nc1sc2c(c1C#N)CC[C@H](C)C2. The lowest BCUT2D eigenvalue weighted by atomic mass is 9.89. The van der Waals surface area contributed by atoms with E-state index in [2.05, 4.69) is 23.6 Å². The minimum absolute atomic E-state index is 0.126. The molecule has 3 rings (SSSR count). The Balaban J connectivity index is 1.79. The highest BCUT2D eigenvalue weighted by Crippen LogP contribution is 2.39. The fraction of sp³-hybridized carbons (Fsp3) is 0.350. The number of hydrogen-bond donors (Lipinski definition) is 2. The average Bonchev–Trinajstić information content (AvgIpc) is 3.02. The van der Waals surface area contributed by atoms with Gasteiger partial charge in [-0.15, -0.1) is 11.3 Å². The molecule has 1 aliphatic carbocycles. The molecule has 2 aromatic rings. The van der Waals surface area contributed by atoms with Gasteiger partial charge in [-0.25, -0.2) is 0 Å². The number of thiophene rings is 1. The van der Waals surface area contributed by atoms with Crippen LogP contribution < -0.4 is 20.1 Å². The van der Waals surface area contributed by atoms with E-state index in [-0.39, 0.29) is 10.7 Å². The van der Waals surface area contributed by atoms with Crippen molar-refractivity contribution in [1.29, 1.82) is 5.26 Å². The first-order valence-corrected chi connectivity index (χ1v) is 10.1. The van der Waals surface area contributed by atoms with Crippen molar-refractivity contribution in [3.63, 3.8) is 0 Å². The second-order valence-corrected chi connectivity index (χ2v) is 8.13. The topological polar surface area (TPSA) is 83.4 Å². The number of nitriles is 1. The smallest absolute Gasteiger partial charge is 0.264 e. The molecule has 28 heavy (non-hydrogen) atoms. The first-order chi connectivity index (χ1) is 13.5. The standard InChI is InChI=1S/C20H21N3O3S2/c1-11-7-8-12-13(10-21)19(28-16(12)9-11)23-20(27)22-18(24)17-14(25-2)5-4-6-15(17)26-3/h4-6,11H,7-9H2,1-3H3,(H2,22,23,24,27)/t11-/m0/s1. The van der Waals surface area contributed by atoms with E-state index in [0.29, 0.717) is 28.0 Å². The fourth-order valence-electron chi connectivity index (χ4n) is 3.33. The summed E-state index contributed by atoms with van der Waals surface area (Å²) in [5.74, 6) is 0.936. The predicted molar refractivity (Wildman–Crippen MR) is 113 cm³/mol. The summed E-state index contributed by atoms with van der Waals surface area (Å²) >= 11 is 6.85. The van der Waals surface area contributed by atoms with Gasteiger partial charge in [0.1, 0.15) is 28.1 Å². The number of methoxy groups -OCH3 is 2. The Morgan fingerprint density at radius 2 is 2.00 bits per heavy atom. The molecule has 146 valence electrons. The van der Waals surface area contributed by atoms with Crippen molar-refractivity contribution >= 4 is 39.6 Å². The zero-order chi connectivity index (χ0) is 20.3. The molecule has 1 aromatic heterocycles. The first-order valence-electron chi connectivity index (χ1n) is 8.86. The number of nitrogens with one attached hydrogen (secondary N) is 2. The third-order valence-electron chi connectivity index (χ3n) is 4.73. The Kier molecular flexibility index (Phi) is 6.17. The van der Waals surface area contributed by atoms with Gasteiger partial charge in [-0.3, -0.25) is 10.1 Å². The second-order valence-electron chi connectivity index (χ2n) is 6.61. The zero-order valence-corrected chi connectivity index (χ0v) is 17.6. The van der Waals surface area contributed by atoms with Crippen LogP contribution in [0.4, 0.5) is 5.00 Å². The van der Waals surface area contributed by atoms with E-state index in [1.807, 2.05) is 0 Å². The number of ether oxygens (including phenoxy) is 2. The monoisotopic (exact) mass is 415 g/mol. The molecule has 1 amide bonds. The average molecular weight is 416 g/mol. The third-order valence-corrected chi connectivity index (χ3v) is 6.11. The molecule has 6 nitrogen and oxygen atoms in total. The summed E-state index contributed by atoms with van der Waals surface area (Å²) < 4.78 is 10.5. The molecule has 0 saturated heterocycles. The van der Waals surface area contributed by atoms with E-state index in [1.54, 1.807) is 18.2 Å². The summed E-state index contributed by atoms with van der Waals surface area (Å²) in [6, 6.07) is 7.37. The van der Waals surface area contributed by atoms with Crippen LogP contribution in [0.15, 0.2) is 18.2 Å². The number of anilines is 1. The maximum Gasteiger partial charge on any atom is 0.264 e. The Hall–Kier alpha value is -2.63. The Morgan fingerprint density at radius 3 is 2.61 bits per heavy atom. The number of thiocarbonyl (C=S) groups is 1. The highest BCUT2D eigenvalue weighted by molar-refractivity contribution is 7.80. The van der Waals surface area contributed by atoms with Crippen molar-refractivity contribution < 1.29 is 14.3 Å². The summed E-state index contributed by atoms with van der Waals surface area (Å²) in [5.41, 5.74) is 1.99. The van der Waals surface area contributed by atoms with Crippen molar-refractivity contribution in [1.82, 2.24) is 5.32 Å². The third kappa shape index (κ3) is 3.96. The van der Waals surface area contributed by atoms with E-state index in [9.17, 15) is 10.1 Å². The maximum atomic E-state index is 12.7. The number of nitrogens with zero attached hydrogens (tertiary/aromatic N) is 1. The number of fused-ring (bicyclic) bond motifs is 1. The number of amides is 1. The number of carbonyl (C=O) groups excluding carboxylic acids is 1. The largest absolute Gasteiger partial charge is 0.496 e. The van der Waals surface area contributed by atoms with Crippen LogP contribution in [0.3, 0.4) is 0 Å². The highest BCUT2D eigenvalue weighted by atomic mass is 32.1. The van der Waals surface area contributed by atoms with Crippen LogP contribution in [0.25, 0.3) is 0 Å². The Bertz CT molecular complexity index is 940. The van der Waals surface area contributed by atoms with Crippen molar-refractivity contribution in [3.05, 3.63) is 39.8 Å². The van der Waals surface area contributed by atoms with Crippen LogP contribution in [0.1, 0.15) is 39.7 Å². The molecule has 2 N–H and O–H groups in total. The van der Waals surface area contributed by atoms with Gasteiger partial charge < -0.3 is 14.8 Å². The number of rotatable bonds is 4. The second kappa shape index (κ2) is 8.59. The van der Waals surface area contributed by atoms with Crippen molar-refractivity contribution in [3.8, 4) is 17.6 Å². The fourth-order valence-corrected chi connectivity index (χ4v) is 4.96. The summed E-state index contributed by atoms with van der Waals surface area (Å²) in [5, 5.41) is 16.1. The normalized spacial score (nSPS) is 15.1. The number of benzene rings is 1. The first kappa shape index (κ1) is 20.1. The quantitative estimate of drug-likeness (QED) is 0.737. The molecule has 0 aliphatic heterocycles. The predicted octanol–water partition coefficient (Wildman–Crippen LogP) is 3.89. The molecular formula is C20H21N3O3S2. The molecule has 1 heterocycles. The van der Waals surface area contributed by atoms with Gasteiger partial charge >= 0.3 is 0 Å². The molecule has 0 bridgehead atoms. The van der Waals surface area contributed by atoms with Crippen molar-refractivity contribution in [2.45, 2.75) is 26.2 Å². The van der Waals surface area contributed by atoms with Crippen LogP contribution >= 0.6 is 23.6 Å². The van der Waals surface area contributed by atoms with Gasteiger partial charge in [0, 0.05) is 4.88 Å². The minimum Gasteiger partial charge on any atom is -0.496 e. The van der Waals surface area contributed by atoms with Gasteiger partial charge in [0.05, 0.1) is 19.8 Å². The molecule has 0 unspecified atom stereocenters. The van der Waals surface area contributed by atoms with Gasteiger partial charge in [-0.05, 0) is 55.1 Å². The lowest BCUT2D eigenvalue weighted by Gasteiger charge is -2.17. The summed E-state index contributed by atoms with van der Waals surface area (Å²) in [6.07, 6.45) is 2.94. The van der Waals surface area contributed by atoms with E-state index >= 15 is 0 Å². The van der Waals surface area contributed by atoms with E-state index in [0.717, 1.165) is 24.8 Å². The molecule has 0 radical (unpaired) electrons. The molecule has 1 aliphatic rings. The molecule has 0 spiro atoms. The molecule has 8 heteroatoms. The minimum atomic E-state index is -0.444. The zero-order valence-electron chi connectivity index (χ0n) is 15.9. The van der Waals surface area contributed by atoms with Gasteiger partial charge in [0.2, 0.25) is 0 Å². The molecule has 1 aromatic carbocycles. The maximum absolute atomic E-state index is 12.7. The summed E-state index contributed by atoms with van der Waals surface area (Å²) in [6.45, 7) is 2.22. The highest BCUT2D eigenvalue weighted by Gasteiger charge is 2.25. The Morgan fingerprint density at radius 1 is 1.32 bits per heavy atom.